The van der Waals surface area contributed by atoms with Crippen LogP contribution in [0.3, 0.4) is 0 Å². The molecule has 3 N–H and O–H groups in total. The van der Waals surface area contributed by atoms with Crippen molar-refractivity contribution in [2.75, 3.05) is 39.2 Å². The highest BCUT2D eigenvalue weighted by molar-refractivity contribution is 14.0. The summed E-state index contributed by atoms with van der Waals surface area (Å²) >= 11 is 0. The molecule has 0 radical (unpaired) electrons. The van der Waals surface area contributed by atoms with E-state index in [-0.39, 0.29) is 35.8 Å². The average molecular weight is 462 g/mol. The van der Waals surface area contributed by atoms with Gasteiger partial charge in [-0.3, -0.25) is 9.79 Å². The summed E-state index contributed by atoms with van der Waals surface area (Å²) in [5, 5.41) is 2.99. The smallest absolute Gasteiger partial charge is 0.224 e. The third-order valence-electron chi connectivity index (χ3n) is 3.99. The molecule has 0 aliphatic carbocycles. The first-order valence-corrected chi connectivity index (χ1v) is 8.21. The van der Waals surface area contributed by atoms with Gasteiger partial charge in [-0.15, -0.1) is 24.0 Å². The topological polar surface area (TPSA) is 89.2 Å². The zero-order chi connectivity index (χ0) is 17.4. The van der Waals surface area contributed by atoms with Crippen LogP contribution in [0.1, 0.15) is 25.7 Å². The third-order valence-corrected chi connectivity index (χ3v) is 3.99. The third kappa shape index (κ3) is 6.60. The molecule has 0 saturated carbocycles. The van der Waals surface area contributed by atoms with Crippen LogP contribution >= 0.6 is 24.0 Å². The van der Waals surface area contributed by atoms with E-state index in [9.17, 15) is 4.79 Å². The monoisotopic (exact) mass is 462 g/mol. The highest BCUT2D eigenvalue weighted by Crippen LogP contribution is 2.28. The Hall–Kier alpha value is -1.71. The van der Waals surface area contributed by atoms with Gasteiger partial charge in [-0.1, -0.05) is 0 Å². The average Bonchev–Trinajstić information content (AvgIpc) is 2.62. The predicted octanol–water partition coefficient (Wildman–Crippen LogP) is 2.45. The van der Waals surface area contributed by atoms with E-state index in [1.54, 1.807) is 32.4 Å². The fourth-order valence-electron chi connectivity index (χ4n) is 2.66. The minimum atomic E-state index is 0. The number of nitrogens with zero attached hydrogens (tertiary/aromatic N) is 2. The van der Waals surface area contributed by atoms with Crippen LogP contribution in [0.2, 0.25) is 0 Å². The maximum Gasteiger partial charge on any atom is 0.224 e. The number of ether oxygens (including phenoxy) is 2. The second-order valence-electron chi connectivity index (χ2n) is 5.65. The molecule has 25 heavy (non-hydrogen) atoms. The zero-order valence-corrected chi connectivity index (χ0v) is 17.1. The number of hydrogen-bond acceptors (Lipinski definition) is 4. The summed E-state index contributed by atoms with van der Waals surface area (Å²) in [6.07, 6.45) is 3.77. The largest absolute Gasteiger partial charge is 0.497 e. The van der Waals surface area contributed by atoms with E-state index in [1.165, 1.54) is 6.42 Å². The van der Waals surface area contributed by atoms with E-state index in [4.69, 9.17) is 15.2 Å². The van der Waals surface area contributed by atoms with Crippen molar-refractivity contribution in [3.8, 4) is 11.5 Å². The molecule has 7 nitrogen and oxygen atoms in total. The van der Waals surface area contributed by atoms with E-state index in [0.717, 1.165) is 25.9 Å². The summed E-state index contributed by atoms with van der Waals surface area (Å²) in [5.74, 6) is 1.71. The number of benzene rings is 1. The molecular weight excluding hydrogens is 435 g/mol. The fourth-order valence-corrected chi connectivity index (χ4v) is 2.66. The van der Waals surface area contributed by atoms with Gasteiger partial charge in [-0.05, 0) is 31.4 Å². The number of carbonyl (C=O) groups excluding carboxylic acids is 1. The highest BCUT2D eigenvalue weighted by Gasteiger charge is 2.15. The first kappa shape index (κ1) is 21.3. The van der Waals surface area contributed by atoms with Gasteiger partial charge >= 0.3 is 0 Å². The maximum atomic E-state index is 12.1. The first-order chi connectivity index (χ1) is 11.6. The number of nitrogens with two attached hydrogens (primary N) is 1. The van der Waals surface area contributed by atoms with Crippen LogP contribution in [0.4, 0.5) is 5.69 Å². The second-order valence-corrected chi connectivity index (χ2v) is 5.65. The van der Waals surface area contributed by atoms with Gasteiger partial charge < -0.3 is 25.4 Å². The van der Waals surface area contributed by atoms with Crippen LogP contribution in [-0.2, 0) is 4.79 Å². The quantitative estimate of drug-likeness (QED) is 0.385. The summed E-state index contributed by atoms with van der Waals surface area (Å²) in [4.78, 5) is 18.2. The molecule has 1 fully saturated rings. The molecule has 140 valence electrons. The Kier molecular flexibility index (Phi) is 9.40. The van der Waals surface area contributed by atoms with Gasteiger partial charge in [0.1, 0.15) is 11.5 Å². The van der Waals surface area contributed by atoms with Crippen molar-refractivity contribution in [1.29, 1.82) is 0 Å². The Labute approximate surface area is 166 Å². The predicted molar refractivity (Wildman–Crippen MR) is 110 cm³/mol. The van der Waals surface area contributed by atoms with E-state index in [0.29, 0.717) is 30.2 Å². The van der Waals surface area contributed by atoms with Gasteiger partial charge in [-0.25, -0.2) is 0 Å². The van der Waals surface area contributed by atoms with Crippen molar-refractivity contribution in [3.05, 3.63) is 18.2 Å². The lowest BCUT2D eigenvalue weighted by molar-refractivity contribution is -0.131. The standard InChI is InChI=1S/C17H26N4O3.HI/c1-23-13-6-7-15(24-2)14(12-13)20-17(18)19-9-8-16(22)21-10-4-3-5-11-21;/h6-7,12H,3-5,8-11H2,1-2H3,(H3,18,19,20);1H. The number of rotatable bonds is 6. The summed E-state index contributed by atoms with van der Waals surface area (Å²) in [6.45, 7) is 2.08. The van der Waals surface area contributed by atoms with Crippen molar-refractivity contribution in [1.82, 2.24) is 4.90 Å². The number of carbonyl (C=O) groups is 1. The molecule has 0 atom stereocenters. The maximum absolute atomic E-state index is 12.1. The number of nitrogens with one attached hydrogen (secondary N) is 1. The van der Waals surface area contributed by atoms with Crippen molar-refractivity contribution >= 4 is 41.5 Å². The summed E-state index contributed by atoms with van der Waals surface area (Å²) in [7, 11) is 3.17. The number of amides is 1. The molecular formula is C17H27IN4O3. The Morgan fingerprint density at radius 1 is 1.24 bits per heavy atom. The van der Waals surface area contributed by atoms with Crippen LogP contribution in [0.15, 0.2) is 23.2 Å². The number of anilines is 1. The van der Waals surface area contributed by atoms with Gasteiger partial charge in [0.2, 0.25) is 5.91 Å². The fraction of sp³-hybridized carbons (Fsp3) is 0.529. The summed E-state index contributed by atoms with van der Waals surface area (Å²) in [5.41, 5.74) is 6.57. The molecule has 1 aromatic rings. The Morgan fingerprint density at radius 2 is 1.96 bits per heavy atom. The molecule has 2 rings (SSSR count). The van der Waals surface area contributed by atoms with E-state index in [2.05, 4.69) is 10.3 Å². The number of guanidine groups is 1. The number of aliphatic imine (C=N–C) groups is 1. The summed E-state index contributed by atoms with van der Waals surface area (Å²) in [6, 6.07) is 5.36. The van der Waals surface area contributed by atoms with Crippen molar-refractivity contribution in [2.45, 2.75) is 25.7 Å². The molecule has 1 aromatic carbocycles. The Balaban J connectivity index is 0.00000312. The van der Waals surface area contributed by atoms with Gasteiger partial charge in [0.15, 0.2) is 5.96 Å². The lowest BCUT2D eigenvalue weighted by atomic mass is 10.1. The van der Waals surface area contributed by atoms with Crippen LogP contribution in [0.5, 0.6) is 11.5 Å². The van der Waals surface area contributed by atoms with Crippen molar-refractivity contribution < 1.29 is 14.3 Å². The molecule has 0 unspecified atom stereocenters. The molecule has 8 heteroatoms. The van der Waals surface area contributed by atoms with Crippen LogP contribution in [0, 0.1) is 0 Å². The number of halogens is 1. The first-order valence-electron chi connectivity index (χ1n) is 8.21. The molecule has 1 aliphatic heterocycles. The molecule has 1 heterocycles. The molecule has 0 bridgehead atoms. The molecule has 1 amide bonds. The molecule has 1 saturated heterocycles. The van der Waals surface area contributed by atoms with Crippen LogP contribution < -0.4 is 20.5 Å². The zero-order valence-electron chi connectivity index (χ0n) is 14.8. The minimum absolute atomic E-state index is 0. The van der Waals surface area contributed by atoms with Crippen molar-refractivity contribution in [3.63, 3.8) is 0 Å². The van der Waals surface area contributed by atoms with E-state index < -0.39 is 0 Å². The Morgan fingerprint density at radius 3 is 2.60 bits per heavy atom. The number of piperidine rings is 1. The van der Waals surface area contributed by atoms with Crippen LogP contribution in [-0.4, -0.2) is 50.6 Å². The SMILES string of the molecule is COc1ccc(OC)c(NC(N)=NCCC(=O)N2CCCCC2)c1.I. The normalized spacial score (nSPS) is 14.5. The van der Waals surface area contributed by atoms with Gasteiger partial charge in [0.25, 0.3) is 0 Å². The van der Waals surface area contributed by atoms with E-state index in [1.807, 2.05) is 4.90 Å². The van der Waals surface area contributed by atoms with Gasteiger partial charge in [-0.2, -0.15) is 0 Å². The van der Waals surface area contributed by atoms with Gasteiger partial charge in [0, 0.05) is 25.6 Å². The van der Waals surface area contributed by atoms with Gasteiger partial charge in [0.05, 0.1) is 26.5 Å². The molecule has 0 aromatic heterocycles. The Bertz CT molecular complexity index is 589. The second kappa shape index (κ2) is 11.0. The van der Waals surface area contributed by atoms with Crippen molar-refractivity contribution in [2.24, 2.45) is 10.7 Å². The number of hydrogen-bond donors (Lipinski definition) is 2. The lowest BCUT2D eigenvalue weighted by Gasteiger charge is -2.26. The van der Waals surface area contributed by atoms with E-state index >= 15 is 0 Å². The van der Waals surface area contributed by atoms with Crippen LogP contribution in [0.25, 0.3) is 0 Å². The number of methoxy groups -OCH3 is 2. The summed E-state index contributed by atoms with van der Waals surface area (Å²) < 4.78 is 10.5. The minimum Gasteiger partial charge on any atom is -0.497 e. The molecule has 0 spiro atoms. The number of likely N-dealkylation sites (tertiary alicyclic amines) is 1. The highest BCUT2D eigenvalue weighted by atomic mass is 127. The lowest BCUT2D eigenvalue weighted by Crippen LogP contribution is -2.36. The molecule has 1 aliphatic rings.